The van der Waals surface area contributed by atoms with E-state index >= 15 is 0 Å². The molecule has 0 radical (unpaired) electrons. The Bertz CT molecular complexity index is 167. The van der Waals surface area contributed by atoms with Crippen LogP contribution >= 0.6 is 0 Å². The van der Waals surface area contributed by atoms with Crippen molar-refractivity contribution < 1.29 is 5.11 Å². The van der Waals surface area contributed by atoms with Crippen LogP contribution in [0.3, 0.4) is 0 Å². The Morgan fingerprint density at radius 2 is 2.06 bits per heavy atom. The van der Waals surface area contributed by atoms with E-state index < -0.39 is 0 Å². The van der Waals surface area contributed by atoms with Gasteiger partial charge in [0.2, 0.25) is 0 Å². The van der Waals surface area contributed by atoms with Crippen LogP contribution in [-0.4, -0.2) is 48.8 Å². The van der Waals surface area contributed by atoms with Gasteiger partial charge < -0.3 is 15.3 Å². The summed E-state index contributed by atoms with van der Waals surface area (Å²) in [6.45, 7) is 9.46. The van der Waals surface area contributed by atoms with E-state index in [-0.39, 0.29) is 0 Å². The summed E-state index contributed by atoms with van der Waals surface area (Å²) < 4.78 is 0. The molecule has 3 heteroatoms. The fraction of sp³-hybridized carbons (Fsp3) is 1.00. The number of rotatable bonds is 7. The van der Waals surface area contributed by atoms with Gasteiger partial charge in [0.25, 0.3) is 0 Å². The van der Waals surface area contributed by atoms with Crippen molar-refractivity contribution in [1.29, 1.82) is 0 Å². The lowest BCUT2D eigenvalue weighted by Gasteiger charge is -2.33. The van der Waals surface area contributed by atoms with Crippen LogP contribution in [-0.2, 0) is 0 Å². The summed E-state index contributed by atoms with van der Waals surface area (Å²) in [7, 11) is 0. The molecule has 1 fully saturated rings. The Labute approximate surface area is 100 Å². The minimum atomic E-state index is 0.297. The molecule has 16 heavy (non-hydrogen) atoms. The van der Waals surface area contributed by atoms with E-state index in [1.165, 1.54) is 32.4 Å². The summed E-state index contributed by atoms with van der Waals surface area (Å²) in [4.78, 5) is 2.54. The Morgan fingerprint density at radius 3 is 2.62 bits per heavy atom. The molecule has 1 atom stereocenters. The van der Waals surface area contributed by atoms with Gasteiger partial charge in [-0.1, -0.05) is 13.8 Å². The zero-order valence-electron chi connectivity index (χ0n) is 10.9. The highest BCUT2D eigenvalue weighted by Crippen LogP contribution is 2.16. The van der Waals surface area contributed by atoms with Gasteiger partial charge in [0.1, 0.15) is 0 Å². The van der Waals surface area contributed by atoms with E-state index in [0.717, 1.165) is 25.4 Å². The molecule has 1 aliphatic heterocycles. The molecule has 0 spiro atoms. The Balaban J connectivity index is 2.24. The maximum Gasteiger partial charge on any atom is 0.0446 e. The number of aliphatic hydroxyl groups is 1. The lowest BCUT2D eigenvalue weighted by Crippen LogP contribution is -2.44. The van der Waals surface area contributed by atoms with E-state index in [2.05, 4.69) is 24.1 Å². The molecule has 96 valence electrons. The largest absolute Gasteiger partial charge is 0.396 e. The molecule has 0 bridgehead atoms. The van der Waals surface area contributed by atoms with Crippen molar-refractivity contribution in [2.75, 3.05) is 32.8 Å². The molecule has 0 aromatic heterocycles. The van der Waals surface area contributed by atoms with E-state index in [1.54, 1.807) is 0 Å². The Morgan fingerprint density at radius 1 is 1.38 bits per heavy atom. The summed E-state index contributed by atoms with van der Waals surface area (Å²) in [5, 5.41) is 12.6. The molecule has 1 rings (SSSR count). The summed E-state index contributed by atoms with van der Waals surface area (Å²) in [6.07, 6.45) is 4.71. The average Bonchev–Trinajstić information content (AvgIpc) is 2.29. The molecular weight excluding hydrogens is 200 g/mol. The molecule has 0 saturated carbocycles. The van der Waals surface area contributed by atoms with E-state index in [1.807, 2.05) is 0 Å². The molecule has 0 aliphatic carbocycles. The Hall–Kier alpha value is -0.120. The smallest absolute Gasteiger partial charge is 0.0446 e. The van der Waals surface area contributed by atoms with E-state index in [9.17, 15) is 0 Å². The number of nitrogens with zero attached hydrogens (tertiary/aromatic N) is 1. The van der Waals surface area contributed by atoms with Crippen molar-refractivity contribution in [3.63, 3.8) is 0 Å². The highest BCUT2D eigenvalue weighted by molar-refractivity contribution is 4.76. The van der Waals surface area contributed by atoms with E-state index in [4.69, 9.17) is 5.11 Å². The van der Waals surface area contributed by atoms with Gasteiger partial charge in [-0.2, -0.15) is 0 Å². The third kappa shape index (κ3) is 5.28. The first-order chi connectivity index (χ1) is 7.76. The number of piperidine rings is 1. The monoisotopic (exact) mass is 228 g/mol. The molecule has 3 nitrogen and oxygen atoms in total. The minimum absolute atomic E-state index is 0.297. The van der Waals surface area contributed by atoms with Crippen molar-refractivity contribution in [2.45, 2.75) is 45.6 Å². The summed E-state index contributed by atoms with van der Waals surface area (Å²) in [5.74, 6) is 0.899. The highest BCUT2D eigenvalue weighted by Gasteiger charge is 2.18. The van der Waals surface area contributed by atoms with E-state index in [0.29, 0.717) is 12.6 Å². The van der Waals surface area contributed by atoms with Crippen LogP contribution < -0.4 is 5.32 Å². The fourth-order valence-electron chi connectivity index (χ4n) is 2.32. The van der Waals surface area contributed by atoms with Gasteiger partial charge in [0.15, 0.2) is 0 Å². The van der Waals surface area contributed by atoms with Crippen LogP contribution in [0.4, 0.5) is 0 Å². The lowest BCUT2D eigenvalue weighted by atomic mass is 9.98. The SMILES string of the molecule is CCCNC(CCO)CN1CCC(C)CC1. The van der Waals surface area contributed by atoms with Gasteiger partial charge in [-0.25, -0.2) is 0 Å². The topological polar surface area (TPSA) is 35.5 Å². The molecule has 1 heterocycles. The van der Waals surface area contributed by atoms with Crippen molar-refractivity contribution in [3.05, 3.63) is 0 Å². The standard InChI is InChI=1S/C13H28N2O/c1-3-7-14-13(6-10-16)11-15-8-4-12(2)5-9-15/h12-14,16H,3-11H2,1-2H3. The van der Waals surface area contributed by atoms with Gasteiger partial charge in [-0.05, 0) is 51.2 Å². The predicted molar refractivity (Wildman–Crippen MR) is 68.6 cm³/mol. The second kappa shape index (κ2) is 8.04. The van der Waals surface area contributed by atoms with Gasteiger partial charge in [-0.15, -0.1) is 0 Å². The van der Waals surface area contributed by atoms with Crippen LogP contribution in [0.5, 0.6) is 0 Å². The minimum Gasteiger partial charge on any atom is -0.396 e. The molecule has 1 saturated heterocycles. The molecule has 1 unspecified atom stereocenters. The lowest BCUT2D eigenvalue weighted by molar-refractivity contribution is 0.162. The predicted octanol–water partition coefficient (Wildman–Crippen LogP) is 1.47. The van der Waals surface area contributed by atoms with Gasteiger partial charge >= 0.3 is 0 Å². The first-order valence-electron chi connectivity index (χ1n) is 6.82. The van der Waals surface area contributed by atoms with Crippen LogP contribution in [0.1, 0.15) is 39.5 Å². The number of aliphatic hydroxyl groups excluding tert-OH is 1. The van der Waals surface area contributed by atoms with Crippen molar-refractivity contribution in [1.82, 2.24) is 10.2 Å². The number of nitrogens with one attached hydrogen (secondary N) is 1. The van der Waals surface area contributed by atoms with Gasteiger partial charge in [-0.3, -0.25) is 0 Å². The average molecular weight is 228 g/mol. The summed E-state index contributed by atoms with van der Waals surface area (Å²) >= 11 is 0. The molecule has 1 aliphatic rings. The van der Waals surface area contributed by atoms with Crippen LogP contribution in [0, 0.1) is 5.92 Å². The first kappa shape index (κ1) is 13.9. The fourth-order valence-corrected chi connectivity index (χ4v) is 2.32. The van der Waals surface area contributed by atoms with Crippen LogP contribution in [0.25, 0.3) is 0 Å². The first-order valence-corrected chi connectivity index (χ1v) is 6.82. The van der Waals surface area contributed by atoms with Gasteiger partial charge in [0.05, 0.1) is 0 Å². The number of likely N-dealkylation sites (tertiary alicyclic amines) is 1. The third-order valence-electron chi connectivity index (χ3n) is 3.52. The van der Waals surface area contributed by atoms with Crippen LogP contribution in [0.2, 0.25) is 0 Å². The number of hydrogen-bond acceptors (Lipinski definition) is 3. The molecule has 0 aromatic carbocycles. The maximum absolute atomic E-state index is 9.05. The summed E-state index contributed by atoms with van der Waals surface area (Å²) in [5.41, 5.74) is 0. The molecular formula is C13H28N2O. The second-order valence-corrected chi connectivity index (χ2v) is 5.15. The Kier molecular flexibility index (Phi) is 7.01. The highest BCUT2D eigenvalue weighted by atomic mass is 16.3. The quantitative estimate of drug-likeness (QED) is 0.692. The molecule has 0 aromatic rings. The van der Waals surface area contributed by atoms with Crippen molar-refractivity contribution in [2.24, 2.45) is 5.92 Å². The zero-order valence-corrected chi connectivity index (χ0v) is 10.9. The van der Waals surface area contributed by atoms with Gasteiger partial charge in [0, 0.05) is 19.2 Å². The summed E-state index contributed by atoms with van der Waals surface area (Å²) in [6, 6.07) is 0.471. The van der Waals surface area contributed by atoms with Crippen molar-refractivity contribution in [3.8, 4) is 0 Å². The van der Waals surface area contributed by atoms with Crippen molar-refractivity contribution >= 4 is 0 Å². The third-order valence-corrected chi connectivity index (χ3v) is 3.52. The maximum atomic E-state index is 9.05. The molecule has 2 N–H and O–H groups in total. The van der Waals surface area contributed by atoms with Crippen LogP contribution in [0.15, 0.2) is 0 Å². The second-order valence-electron chi connectivity index (χ2n) is 5.15. The number of hydrogen-bond donors (Lipinski definition) is 2. The normalized spacial score (nSPS) is 21.2. The zero-order chi connectivity index (χ0) is 11.8. The molecule has 0 amide bonds.